The van der Waals surface area contributed by atoms with Gasteiger partial charge in [-0.05, 0) is 25.3 Å². The first kappa shape index (κ1) is 6.18. The molecule has 2 rings (SSSR count). The summed E-state index contributed by atoms with van der Waals surface area (Å²) in [4.78, 5) is 0. The number of nitriles is 1. The molecule has 2 heteroatoms. The van der Waals surface area contributed by atoms with E-state index in [9.17, 15) is 0 Å². The summed E-state index contributed by atoms with van der Waals surface area (Å²) in [5, 5.41) is 12.2. The number of hydrogen-bond acceptors (Lipinski definition) is 2. The molecule has 1 heterocycles. The molecule has 0 bridgehead atoms. The largest absolute Gasteiger partial charge is 0.315 e. The van der Waals surface area contributed by atoms with E-state index in [4.69, 9.17) is 5.26 Å². The molecule has 1 saturated carbocycles. The molecule has 0 aromatic heterocycles. The van der Waals surface area contributed by atoms with Gasteiger partial charge in [0.15, 0.2) is 0 Å². The SMILES string of the molecule is N#C[C@@]12CCC[C@H]1CNC2. The molecule has 1 saturated heterocycles. The predicted octanol–water partition coefficient (Wildman–Crippen LogP) is 0.900. The highest BCUT2D eigenvalue weighted by molar-refractivity contribution is 5.11. The van der Waals surface area contributed by atoms with Crippen LogP contribution in [0.15, 0.2) is 0 Å². The zero-order valence-electron chi connectivity index (χ0n) is 6.06. The molecule has 54 valence electrons. The molecule has 2 fully saturated rings. The lowest BCUT2D eigenvalue weighted by Crippen LogP contribution is -2.22. The average Bonchev–Trinajstić information content (AvgIpc) is 2.42. The lowest BCUT2D eigenvalue weighted by Gasteiger charge is -2.17. The van der Waals surface area contributed by atoms with Crippen LogP contribution in [0, 0.1) is 22.7 Å². The lowest BCUT2D eigenvalue weighted by molar-refractivity contribution is 0.374. The van der Waals surface area contributed by atoms with Crippen molar-refractivity contribution in [1.82, 2.24) is 5.32 Å². The van der Waals surface area contributed by atoms with Gasteiger partial charge in [-0.25, -0.2) is 0 Å². The second-order valence-electron chi connectivity index (χ2n) is 3.49. The molecule has 2 aliphatic rings. The molecule has 0 aromatic carbocycles. The van der Waals surface area contributed by atoms with Crippen LogP contribution < -0.4 is 5.32 Å². The van der Waals surface area contributed by atoms with E-state index < -0.39 is 0 Å². The van der Waals surface area contributed by atoms with Gasteiger partial charge in [-0.15, -0.1) is 0 Å². The highest BCUT2D eigenvalue weighted by Crippen LogP contribution is 2.44. The first-order valence-electron chi connectivity index (χ1n) is 3.99. The molecular weight excluding hydrogens is 124 g/mol. The predicted molar refractivity (Wildman–Crippen MR) is 38.3 cm³/mol. The summed E-state index contributed by atoms with van der Waals surface area (Å²) in [5.41, 5.74) is 0.0417. The number of hydrogen-bond donors (Lipinski definition) is 1. The Labute approximate surface area is 61.2 Å². The van der Waals surface area contributed by atoms with Crippen LogP contribution in [-0.2, 0) is 0 Å². The fourth-order valence-electron chi connectivity index (χ4n) is 2.33. The van der Waals surface area contributed by atoms with Crippen molar-refractivity contribution in [3.63, 3.8) is 0 Å². The second-order valence-corrected chi connectivity index (χ2v) is 3.49. The molecule has 0 unspecified atom stereocenters. The van der Waals surface area contributed by atoms with Gasteiger partial charge in [-0.1, -0.05) is 6.42 Å². The topological polar surface area (TPSA) is 35.8 Å². The standard InChI is InChI=1S/C8H12N2/c9-5-8-3-1-2-7(8)4-10-6-8/h7,10H,1-4,6H2/t7-,8+/m0/s1. The molecule has 1 aliphatic carbocycles. The highest BCUT2D eigenvalue weighted by Gasteiger charge is 2.46. The molecule has 1 aliphatic heterocycles. The first-order chi connectivity index (χ1) is 4.87. The van der Waals surface area contributed by atoms with Crippen molar-refractivity contribution < 1.29 is 0 Å². The van der Waals surface area contributed by atoms with Crippen LogP contribution >= 0.6 is 0 Å². The van der Waals surface area contributed by atoms with Crippen LogP contribution in [0.5, 0.6) is 0 Å². The minimum Gasteiger partial charge on any atom is -0.315 e. The molecule has 0 amide bonds. The van der Waals surface area contributed by atoms with Crippen LogP contribution in [0.4, 0.5) is 0 Å². The van der Waals surface area contributed by atoms with E-state index in [0.29, 0.717) is 5.92 Å². The maximum Gasteiger partial charge on any atom is 0.0738 e. The Kier molecular flexibility index (Phi) is 1.21. The Morgan fingerprint density at radius 3 is 3.20 bits per heavy atom. The van der Waals surface area contributed by atoms with Crippen molar-refractivity contribution in [2.45, 2.75) is 19.3 Å². The lowest BCUT2D eigenvalue weighted by atomic mass is 9.82. The smallest absolute Gasteiger partial charge is 0.0738 e. The third kappa shape index (κ3) is 0.615. The summed E-state index contributed by atoms with van der Waals surface area (Å²) in [6.07, 6.45) is 3.65. The van der Waals surface area contributed by atoms with Crippen LogP contribution in [-0.4, -0.2) is 13.1 Å². The van der Waals surface area contributed by atoms with Crippen molar-refractivity contribution in [2.24, 2.45) is 11.3 Å². The number of nitrogens with zero attached hydrogens (tertiary/aromatic N) is 1. The molecular formula is C8H12N2. The van der Waals surface area contributed by atoms with E-state index in [0.717, 1.165) is 19.5 Å². The molecule has 0 radical (unpaired) electrons. The summed E-state index contributed by atoms with van der Waals surface area (Å²) in [6, 6.07) is 2.48. The van der Waals surface area contributed by atoms with Gasteiger partial charge >= 0.3 is 0 Å². The first-order valence-corrected chi connectivity index (χ1v) is 3.99. The highest BCUT2D eigenvalue weighted by atomic mass is 14.9. The zero-order chi connectivity index (χ0) is 7.03. The molecule has 10 heavy (non-hydrogen) atoms. The summed E-state index contributed by atoms with van der Waals surface area (Å²) in [6.45, 7) is 2.02. The van der Waals surface area contributed by atoms with E-state index in [1.54, 1.807) is 0 Å². The van der Waals surface area contributed by atoms with Gasteiger partial charge in [0.1, 0.15) is 0 Å². The van der Waals surface area contributed by atoms with Gasteiger partial charge in [-0.3, -0.25) is 0 Å². The maximum absolute atomic E-state index is 8.94. The molecule has 2 nitrogen and oxygen atoms in total. The monoisotopic (exact) mass is 136 g/mol. The summed E-state index contributed by atoms with van der Waals surface area (Å²) >= 11 is 0. The molecule has 1 N–H and O–H groups in total. The van der Waals surface area contributed by atoms with E-state index in [2.05, 4.69) is 11.4 Å². The molecule has 2 atom stereocenters. The average molecular weight is 136 g/mol. The Hall–Kier alpha value is -0.550. The van der Waals surface area contributed by atoms with Crippen molar-refractivity contribution in [2.75, 3.05) is 13.1 Å². The minimum absolute atomic E-state index is 0.0417. The van der Waals surface area contributed by atoms with Crippen LogP contribution in [0.2, 0.25) is 0 Å². The zero-order valence-corrected chi connectivity index (χ0v) is 6.06. The Morgan fingerprint density at radius 2 is 2.50 bits per heavy atom. The Balaban J connectivity index is 2.25. The fraction of sp³-hybridized carbons (Fsp3) is 0.875. The van der Waals surface area contributed by atoms with Crippen molar-refractivity contribution in [1.29, 1.82) is 5.26 Å². The quantitative estimate of drug-likeness (QED) is 0.537. The third-order valence-electron chi connectivity index (χ3n) is 3.01. The van der Waals surface area contributed by atoms with E-state index in [1.165, 1.54) is 12.8 Å². The van der Waals surface area contributed by atoms with Crippen LogP contribution in [0.25, 0.3) is 0 Å². The maximum atomic E-state index is 8.94. The second kappa shape index (κ2) is 1.96. The summed E-state index contributed by atoms with van der Waals surface area (Å²) < 4.78 is 0. The van der Waals surface area contributed by atoms with Gasteiger partial charge in [0.2, 0.25) is 0 Å². The third-order valence-corrected chi connectivity index (χ3v) is 3.01. The van der Waals surface area contributed by atoms with Crippen molar-refractivity contribution >= 4 is 0 Å². The number of nitrogens with one attached hydrogen (secondary N) is 1. The minimum atomic E-state index is 0.0417. The van der Waals surface area contributed by atoms with Gasteiger partial charge in [0, 0.05) is 6.54 Å². The van der Waals surface area contributed by atoms with Crippen molar-refractivity contribution in [3.05, 3.63) is 0 Å². The summed E-state index contributed by atoms with van der Waals surface area (Å²) in [7, 11) is 0. The van der Waals surface area contributed by atoms with Crippen molar-refractivity contribution in [3.8, 4) is 6.07 Å². The van der Waals surface area contributed by atoms with Gasteiger partial charge in [0.25, 0.3) is 0 Å². The summed E-state index contributed by atoms with van der Waals surface area (Å²) in [5.74, 6) is 0.664. The van der Waals surface area contributed by atoms with Crippen LogP contribution in [0.3, 0.4) is 0 Å². The van der Waals surface area contributed by atoms with E-state index in [1.807, 2.05) is 0 Å². The van der Waals surface area contributed by atoms with Gasteiger partial charge in [0.05, 0.1) is 11.5 Å². The Bertz CT molecular complexity index is 170. The Morgan fingerprint density at radius 1 is 1.60 bits per heavy atom. The number of rotatable bonds is 0. The van der Waals surface area contributed by atoms with Gasteiger partial charge < -0.3 is 5.32 Å². The van der Waals surface area contributed by atoms with Gasteiger partial charge in [-0.2, -0.15) is 5.26 Å². The normalized spacial score (nSPS) is 44.9. The van der Waals surface area contributed by atoms with E-state index >= 15 is 0 Å². The fourth-order valence-corrected chi connectivity index (χ4v) is 2.33. The van der Waals surface area contributed by atoms with Crippen LogP contribution in [0.1, 0.15) is 19.3 Å². The van der Waals surface area contributed by atoms with E-state index in [-0.39, 0.29) is 5.41 Å². The molecule has 0 spiro atoms. The number of fused-ring (bicyclic) bond motifs is 1. The molecule has 0 aromatic rings.